The van der Waals surface area contributed by atoms with Crippen molar-refractivity contribution < 1.29 is 17.6 Å². The predicted octanol–water partition coefficient (Wildman–Crippen LogP) is 3.36. The molecule has 2 N–H and O–H groups in total. The van der Waals surface area contributed by atoms with Gasteiger partial charge in [-0.2, -0.15) is 4.72 Å². The van der Waals surface area contributed by atoms with Crippen molar-refractivity contribution in [1.29, 1.82) is 0 Å². The number of aryl methyl sites for hydroxylation is 1. The number of nitrogens with one attached hydrogen (secondary N) is 2. The van der Waals surface area contributed by atoms with Crippen molar-refractivity contribution in [3.8, 4) is 0 Å². The lowest BCUT2D eigenvalue weighted by Gasteiger charge is -2.17. The van der Waals surface area contributed by atoms with Crippen molar-refractivity contribution in [2.75, 3.05) is 6.54 Å². The molecule has 1 atom stereocenters. The first-order valence-corrected chi connectivity index (χ1v) is 10.9. The van der Waals surface area contributed by atoms with Crippen molar-refractivity contribution >= 4 is 15.9 Å². The molecule has 152 valence electrons. The summed E-state index contributed by atoms with van der Waals surface area (Å²) in [5, 5.41) is 2.84. The second kappa shape index (κ2) is 9.54. The van der Waals surface area contributed by atoms with Crippen LogP contribution in [-0.2, 0) is 21.2 Å². The molecular formula is C22H24N2O4S. The molecule has 1 aromatic heterocycles. The zero-order valence-corrected chi connectivity index (χ0v) is 17.0. The molecule has 7 heteroatoms. The Balaban J connectivity index is 1.64. The minimum absolute atomic E-state index is 0.0621. The van der Waals surface area contributed by atoms with E-state index in [4.69, 9.17) is 4.42 Å². The van der Waals surface area contributed by atoms with Gasteiger partial charge in [-0.15, -0.1) is 0 Å². The van der Waals surface area contributed by atoms with Gasteiger partial charge in [0, 0.05) is 6.54 Å². The highest BCUT2D eigenvalue weighted by atomic mass is 32.2. The van der Waals surface area contributed by atoms with Crippen molar-refractivity contribution in [2.24, 2.45) is 0 Å². The van der Waals surface area contributed by atoms with E-state index in [1.165, 1.54) is 18.4 Å². The fourth-order valence-corrected chi connectivity index (χ4v) is 4.12. The first kappa shape index (κ1) is 20.8. The van der Waals surface area contributed by atoms with Gasteiger partial charge in [-0.25, -0.2) is 8.42 Å². The predicted molar refractivity (Wildman–Crippen MR) is 111 cm³/mol. The second-order valence-corrected chi connectivity index (χ2v) is 8.51. The average Bonchev–Trinajstić information content (AvgIpc) is 3.23. The van der Waals surface area contributed by atoms with Gasteiger partial charge in [0.25, 0.3) is 0 Å². The molecule has 0 saturated carbocycles. The number of hydrogen-bond donors (Lipinski definition) is 2. The maximum atomic E-state index is 12.7. The van der Waals surface area contributed by atoms with Crippen LogP contribution < -0.4 is 10.0 Å². The highest BCUT2D eigenvalue weighted by Gasteiger charge is 2.25. The van der Waals surface area contributed by atoms with Crippen molar-refractivity contribution in [3.63, 3.8) is 0 Å². The Bertz CT molecular complexity index is 1010. The van der Waals surface area contributed by atoms with Crippen LogP contribution in [0.2, 0.25) is 0 Å². The molecule has 0 fully saturated rings. The van der Waals surface area contributed by atoms with Crippen LogP contribution in [0.15, 0.2) is 82.3 Å². The summed E-state index contributed by atoms with van der Waals surface area (Å²) in [6.07, 6.45) is 2.09. The molecule has 0 radical (unpaired) electrons. The number of benzene rings is 2. The third-order valence-corrected chi connectivity index (χ3v) is 5.97. The van der Waals surface area contributed by atoms with Gasteiger partial charge in [0.1, 0.15) is 5.76 Å². The summed E-state index contributed by atoms with van der Waals surface area (Å²) < 4.78 is 33.4. The van der Waals surface area contributed by atoms with Crippen LogP contribution in [0.25, 0.3) is 0 Å². The lowest BCUT2D eigenvalue weighted by molar-refractivity contribution is -0.121. The number of amides is 1. The van der Waals surface area contributed by atoms with Crippen LogP contribution in [0.4, 0.5) is 0 Å². The van der Waals surface area contributed by atoms with Gasteiger partial charge in [0.2, 0.25) is 15.9 Å². The van der Waals surface area contributed by atoms with Gasteiger partial charge in [0.15, 0.2) is 0 Å². The molecule has 3 rings (SSSR count). The van der Waals surface area contributed by atoms with Crippen molar-refractivity contribution in [3.05, 3.63) is 89.9 Å². The van der Waals surface area contributed by atoms with E-state index in [1.807, 2.05) is 37.3 Å². The number of carbonyl (C=O) groups excluding carboxylic acids is 1. The highest BCUT2D eigenvalue weighted by Crippen LogP contribution is 2.21. The van der Waals surface area contributed by atoms with E-state index in [1.54, 1.807) is 24.3 Å². The maximum absolute atomic E-state index is 12.7. The fourth-order valence-electron chi connectivity index (χ4n) is 2.91. The second-order valence-electron chi connectivity index (χ2n) is 6.79. The van der Waals surface area contributed by atoms with Crippen LogP contribution in [0.3, 0.4) is 0 Å². The Kier molecular flexibility index (Phi) is 6.85. The quantitative estimate of drug-likeness (QED) is 0.564. The van der Waals surface area contributed by atoms with E-state index in [0.29, 0.717) is 18.7 Å². The fraction of sp³-hybridized carbons (Fsp3) is 0.227. The summed E-state index contributed by atoms with van der Waals surface area (Å²) in [7, 11) is -3.80. The summed E-state index contributed by atoms with van der Waals surface area (Å²) in [6, 6.07) is 18.9. The number of furan rings is 1. The topological polar surface area (TPSA) is 88.4 Å². The summed E-state index contributed by atoms with van der Waals surface area (Å²) in [5.41, 5.74) is 2.08. The minimum atomic E-state index is -3.80. The van der Waals surface area contributed by atoms with E-state index in [2.05, 4.69) is 10.0 Å². The van der Waals surface area contributed by atoms with Gasteiger partial charge < -0.3 is 9.73 Å². The molecule has 0 saturated heterocycles. The number of sulfonamides is 1. The minimum Gasteiger partial charge on any atom is -0.468 e. The molecule has 6 nitrogen and oxygen atoms in total. The number of rotatable bonds is 9. The molecule has 1 heterocycles. The lowest BCUT2D eigenvalue weighted by Crippen LogP contribution is -2.34. The van der Waals surface area contributed by atoms with Crippen LogP contribution in [-0.4, -0.2) is 20.9 Å². The van der Waals surface area contributed by atoms with Gasteiger partial charge in [-0.05, 0) is 43.2 Å². The Hall–Kier alpha value is -2.90. The van der Waals surface area contributed by atoms with Gasteiger partial charge >= 0.3 is 0 Å². The smallest absolute Gasteiger partial charge is 0.241 e. The molecule has 0 aliphatic carbocycles. The van der Waals surface area contributed by atoms with Crippen molar-refractivity contribution in [1.82, 2.24) is 10.0 Å². The number of carbonyl (C=O) groups is 1. The Morgan fingerprint density at radius 3 is 2.38 bits per heavy atom. The number of hydrogen-bond acceptors (Lipinski definition) is 4. The van der Waals surface area contributed by atoms with E-state index >= 15 is 0 Å². The largest absolute Gasteiger partial charge is 0.468 e. The molecule has 0 bridgehead atoms. The molecule has 0 aliphatic rings. The summed E-state index contributed by atoms with van der Waals surface area (Å²) >= 11 is 0. The Morgan fingerprint density at radius 1 is 1.00 bits per heavy atom. The van der Waals surface area contributed by atoms with Crippen LogP contribution >= 0.6 is 0 Å². The molecule has 29 heavy (non-hydrogen) atoms. The van der Waals surface area contributed by atoms with E-state index < -0.39 is 16.1 Å². The standard InChI is InChI=1S/C22H24N2O4S/c1-17-9-11-19(12-10-17)29(26,27)24-20(21-8-5-15-28-21)16-22(25)23-14-13-18-6-3-2-4-7-18/h2-12,15,20,24H,13-14,16H2,1H3,(H,23,25)/t20-/m1/s1. The van der Waals surface area contributed by atoms with E-state index in [9.17, 15) is 13.2 Å². The van der Waals surface area contributed by atoms with Crippen LogP contribution in [0.1, 0.15) is 29.3 Å². The van der Waals surface area contributed by atoms with Crippen LogP contribution in [0.5, 0.6) is 0 Å². The Morgan fingerprint density at radius 2 is 1.72 bits per heavy atom. The van der Waals surface area contributed by atoms with Gasteiger partial charge in [-0.3, -0.25) is 4.79 Å². The average molecular weight is 413 g/mol. The highest BCUT2D eigenvalue weighted by molar-refractivity contribution is 7.89. The molecule has 0 aliphatic heterocycles. The summed E-state index contributed by atoms with van der Waals surface area (Å²) in [6.45, 7) is 2.35. The maximum Gasteiger partial charge on any atom is 0.241 e. The lowest BCUT2D eigenvalue weighted by atomic mass is 10.1. The monoisotopic (exact) mass is 412 g/mol. The molecule has 2 aromatic carbocycles. The van der Waals surface area contributed by atoms with E-state index in [-0.39, 0.29) is 17.2 Å². The zero-order valence-electron chi connectivity index (χ0n) is 16.2. The Labute approximate surface area is 171 Å². The van der Waals surface area contributed by atoms with Gasteiger partial charge in [0.05, 0.1) is 23.6 Å². The molecule has 0 spiro atoms. The molecular weight excluding hydrogens is 388 g/mol. The van der Waals surface area contributed by atoms with Crippen LogP contribution in [0, 0.1) is 6.92 Å². The first-order chi connectivity index (χ1) is 13.9. The third-order valence-electron chi connectivity index (χ3n) is 4.48. The van der Waals surface area contributed by atoms with Gasteiger partial charge in [-0.1, -0.05) is 48.0 Å². The van der Waals surface area contributed by atoms with E-state index in [0.717, 1.165) is 11.1 Å². The molecule has 1 amide bonds. The first-order valence-electron chi connectivity index (χ1n) is 9.37. The molecule has 3 aromatic rings. The van der Waals surface area contributed by atoms with Crippen molar-refractivity contribution in [2.45, 2.75) is 30.7 Å². The zero-order chi connectivity index (χ0) is 20.7. The summed E-state index contributed by atoms with van der Waals surface area (Å²) in [5.74, 6) is 0.132. The third kappa shape index (κ3) is 6.04. The summed E-state index contributed by atoms with van der Waals surface area (Å²) in [4.78, 5) is 12.6. The normalized spacial score (nSPS) is 12.4. The molecule has 0 unspecified atom stereocenters. The SMILES string of the molecule is Cc1ccc(S(=O)(=O)N[C@H](CC(=O)NCCc2ccccc2)c2ccco2)cc1.